The van der Waals surface area contributed by atoms with Gasteiger partial charge in [-0.1, -0.05) is 0 Å². The van der Waals surface area contributed by atoms with Gasteiger partial charge < -0.3 is 15.3 Å². The number of anilines is 1. The summed E-state index contributed by atoms with van der Waals surface area (Å²) in [5.41, 5.74) is 1.72. The SMILES string of the molecule is Cc1cc2nc(N[C@@H](C)c3cncc(F)c3)nc(C(=O)N3CCC(CO)C3)c2s1. The number of rotatable bonds is 5. The maximum atomic E-state index is 13.5. The third-order valence-corrected chi connectivity index (χ3v) is 6.15. The second-order valence-corrected chi connectivity index (χ2v) is 8.61. The fourth-order valence-electron chi connectivity index (χ4n) is 3.52. The predicted molar refractivity (Wildman–Crippen MR) is 109 cm³/mol. The molecular weight excluding hydrogens is 393 g/mol. The van der Waals surface area contributed by atoms with Crippen molar-refractivity contribution in [1.82, 2.24) is 19.9 Å². The molecule has 3 aromatic rings. The normalized spacial score (nSPS) is 17.7. The number of hydrogen-bond donors (Lipinski definition) is 2. The monoisotopic (exact) mass is 415 g/mol. The van der Waals surface area contributed by atoms with Gasteiger partial charge in [-0.2, -0.15) is 0 Å². The van der Waals surface area contributed by atoms with E-state index in [-0.39, 0.29) is 24.5 Å². The van der Waals surface area contributed by atoms with Crippen LogP contribution in [0.5, 0.6) is 0 Å². The molecule has 0 radical (unpaired) electrons. The number of aliphatic hydroxyl groups excluding tert-OH is 1. The van der Waals surface area contributed by atoms with Crippen molar-refractivity contribution >= 4 is 33.4 Å². The van der Waals surface area contributed by atoms with Crippen LogP contribution < -0.4 is 5.32 Å². The third-order valence-electron chi connectivity index (χ3n) is 5.10. The number of aryl methyl sites for hydroxylation is 1. The fraction of sp³-hybridized carbons (Fsp3) is 0.400. The van der Waals surface area contributed by atoms with E-state index >= 15 is 0 Å². The lowest BCUT2D eigenvalue weighted by Gasteiger charge is -2.18. The van der Waals surface area contributed by atoms with E-state index in [4.69, 9.17) is 0 Å². The molecule has 0 spiro atoms. The minimum Gasteiger partial charge on any atom is -0.396 e. The summed E-state index contributed by atoms with van der Waals surface area (Å²) in [6.07, 6.45) is 3.52. The summed E-state index contributed by atoms with van der Waals surface area (Å²) in [6, 6.07) is 3.05. The van der Waals surface area contributed by atoms with E-state index in [0.29, 0.717) is 35.8 Å². The predicted octanol–water partition coefficient (Wildman–Crippen LogP) is 3.16. The number of thiophene rings is 1. The van der Waals surface area contributed by atoms with E-state index in [1.54, 1.807) is 11.1 Å². The first kappa shape index (κ1) is 19.7. The fourth-order valence-corrected chi connectivity index (χ4v) is 4.45. The Morgan fingerprint density at radius 3 is 2.97 bits per heavy atom. The highest BCUT2D eigenvalue weighted by atomic mass is 32.1. The highest BCUT2D eigenvalue weighted by molar-refractivity contribution is 7.19. The van der Waals surface area contributed by atoms with Crippen LogP contribution in [0.2, 0.25) is 0 Å². The first-order valence-electron chi connectivity index (χ1n) is 9.50. The summed E-state index contributed by atoms with van der Waals surface area (Å²) >= 11 is 1.49. The summed E-state index contributed by atoms with van der Waals surface area (Å²) in [6.45, 7) is 5.03. The smallest absolute Gasteiger partial charge is 0.274 e. The zero-order chi connectivity index (χ0) is 20.5. The molecule has 0 saturated carbocycles. The van der Waals surface area contributed by atoms with E-state index in [1.807, 2.05) is 19.9 Å². The van der Waals surface area contributed by atoms with Crippen LogP contribution in [0.15, 0.2) is 24.5 Å². The molecule has 1 unspecified atom stereocenters. The van der Waals surface area contributed by atoms with Gasteiger partial charge in [-0.05, 0) is 38.0 Å². The Morgan fingerprint density at radius 1 is 1.41 bits per heavy atom. The highest BCUT2D eigenvalue weighted by Gasteiger charge is 2.29. The van der Waals surface area contributed by atoms with E-state index in [1.165, 1.54) is 17.4 Å². The van der Waals surface area contributed by atoms with Crippen molar-refractivity contribution in [1.29, 1.82) is 0 Å². The minimum atomic E-state index is -0.413. The first-order chi connectivity index (χ1) is 13.9. The van der Waals surface area contributed by atoms with Gasteiger partial charge in [-0.3, -0.25) is 9.78 Å². The zero-order valence-corrected chi connectivity index (χ0v) is 17.0. The second kappa shape index (κ2) is 8.00. The van der Waals surface area contributed by atoms with Crippen molar-refractivity contribution < 1.29 is 14.3 Å². The lowest BCUT2D eigenvalue weighted by molar-refractivity contribution is 0.0778. The maximum Gasteiger partial charge on any atom is 0.274 e. The quantitative estimate of drug-likeness (QED) is 0.665. The van der Waals surface area contributed by atoms with Gasteiger partial charge in [0.25, 0.3) is 5.91 Å². The van der Waals surface area contributed by atoms with Crippen LogP contribution in [0.3, 0.4) is 0 Å². The van der Waals surface area contributed by atoms with Crippen LogP contribution in [-0.4, -0.2) is 50.6 Å². The van der Waals surface area contributed by atoms with Crippen LogP contribution in [0, 0.1) is 18.7 Å². The molecule has 1 aliphatic rings. The van der Waals surface area contributed by atoms with Gasteiger partial charge in [0.2, 0.25) is 5.95 Å². The topological polar surface area (TPSA) is 91.2 Å². The molecule has 4 heterocycles. The molecule has 4 rings (SSSR count). The number of nitrogens with one attached hydrogen (secondary N) is 1. The van der Waals surface area contributed by atoms with Gasteiger partial charge in [-0.15, -0.1) is 11.3 Å². The standard InChI is InChI=1S/C20H22FN5O2S/c1-11-5-16-18(29-11)17(19(28)26-4-3-13(9-26)10-27)25-20(24-16)23-12(2)14-6-15(21)8-22-7-14/h5-8,12-13,27H,3-4,9-10H2,1-2H3,(H,23,24,25)/t12-,13?/m0/s1. The Balaban J connectivity index is 1.66. The van der Waals surface area contributed by atoms with Crippen molar-refractivity contribution in [3.8, 4) is 0 Å². The van der Waals surface area contributed by atoms with Crippen LogP contribution in [-0.2, 0) is 0 Å². The number of amides is 1. The maximum absolute atomic E-state index is 13.5. The zero-order valence-electron chi connectivity index (χ0n) is 16.2. The van der Waals surface area contributed by atoms with Crippen molar-refractivity contribution in [3.05, 3.63) is 46.5 Å². The Bertz CT molecular complexity index is 1060. The van der Waals surface area contributed by atoms with Gasteiger partial charge in [0.05, 0.1) is 22.5 Å². The van der Waals surface area contributed by atoms with Crippen LogP contribution in [0.4, 0.5) is 10.3 Å². The van der Waals surface area contributed by atoms with Gasteiger partial charge >= 0.3 is 0 Å². The van der Waals surface area contributed by atoms with E-state index < -0.39 is 5.82 Å². The largest absolute Gasteiger partial charge is 0.396 e. The molecule has 1 aliphatic heterocycles. The average Bonchev–Trinajstić information content (AvgIpc) is 3.32. The lowest BCUT2D eigenvalue weighted by Crippen LogP contribution is -2.30. The molecule has 29 heavy (non-hydrogen) atoms. The van der Waals surface area contributed by atoms with E-state index in [9.17, 15) is 14.3 Å². The Kier molecular flexibility index (Phi) is 5.42. The molecule has 152 valence electrons. The number of carbonyl (C=O) groups is 1. The number of likely N-dealkylation sites (tertiary alicyclic amines) is 1. The molecule has 0 aromatic carbocycles. The average molecular weight is 415 g/mol. The van der Waals surface area contributed by atoms with Gasteiger partial charge in [-0.25, -0.2) is 14.4 Å². The number of aromatic nitrogens is 3. The number of pyridine rings is 1. The summed E-state index contributed by atoms with van der Waals surface area (Å²) in [4.78, 5) is 28.9. The number of aliphatic hydroxyl groups is 1. The molecular formula is C20H22FN5O2S. The molecule has 2 N–H and O–H groups in total. The molecule has 2 atom stereocenters. The lowest BCUT2D eigenvalue weighted by atomic mass is 10.1. The number of hydrogen-bond acceptors (Lipinski definition) is 7. The number of halogens is 1. The van der Waals surface area contributed by atoms with Crippen LogP contribution in [0.25, 0.3) is 10.2 Å². The minimum absolute atomic E-state index is 0.0765. The summed E-state index contributed by atoms with van der Waals surface area (Å²) in [7, 11) is 0. The molecule has 1 saturated heterocycles. The highest BCUT2D eigenvalue weighted by Crippen LogP contribution is 2.30. The molecule has 1 amide bonds. The van der Waals surface area contributed by atoms with E-state index in [0.717, 1.165) is 22.2 Å². The molecule has 7 nitrogen and oxygen atoms in total. The van der Waals surface area contributed by atoms with Gasteiger partial charge in [0, 0.05) is 36.7 Å². The van der Waals surface area contributed by atoms with Gasteiger partial charge in [0.1, 0.15) is 5.82 Å². The van der Waals surface area contributed by atoms with Crippen molar-refractivity contribution in [2.24, 2.45) is 5.92 Å². The first-order valence-corrected chi connectivity index (χ1v) is 10.3. The number of carbonyl (C=O) groups excluding carboxylic acids is 1. The van der Waals surface area contributed by atoms with Crippen LogP contribution >= 0.6 is 11.3 Å². The van der Waals surface area contributed by atoms with Gasteiger partial charge in [0.15, 0.2) is 5.69 Å². The molecule has 0 aliphatic carbocycles. The third kappa shape index (κ3) is 4.06. The van der Waals surface area contributed by atoms with Crippen molar-refractivity contribution in [3.63, 3.8) is 0 Å². The Labute approximate surface area is 171 Å². The summed E-state index contributed by atoms with van der Waals surface area (Å²) in [5.74, 6) is -0.143. The second-order valence-electron chi connectivity index (χ2n) is 7.36. The molecule has 0 bridgehead atoms. The van der Waals surface area contributed by atoms with E-state index in [2.05, 4.69) is 20.3 Å². The number of fused-ring (bicyclic) bond motifs is 1. The molecule has 9 heteroatoms. The van der Waals surface area contributed by atoms with Crippen molar-refractivity contribution in [2.45, 2.75) is 26.3 Å². The molecule has 3 aromatic heterocycles. The Morgan fingerprint density at radius 2 is 2.24 bits per heavy atom. The molecule has 1 fully saturated rings. The Hall–Kier alpha value is -2.65. The number of nitrogens with zero attached hydrogens (tertiary/aromatic N) is 4. The van der Waals surface area contributed by atoms with Crippen molar-refractivity contribution in [2.75, 3.05) is 25.0 Å². The summed E-state index contributed by atoms with van der Waals surface area (Å²) < 4.78 is 14.2. The summed E-state index contributed by atoms with van der Waals surface area (Å²) in [5, 5.41) is 12.5. The van der Waals surface area contributed by atoms with Crippen LogP contribution in [0.1, 0.15) is 40.3 Å².